The lowest BCUT2D eigenvalue weighted by atomic mass is 10.3. The van der Waals surface area contributed by atoms with Crippen molar-refractivity contribution in [2.45, 2.75) is 18.2 Å². The summed E-state index contributed by atoms with van der Waals surface area (Å²) in [5.41, 5.74) is 0. The molecule has 0 radical (unpaired) electrons. The van der Waals surface area contributed by atoms with E-state index in [0.717, 1.165) is 30.0 Å². The van der Waals surface area contributed by atoms with Crippen molar-refractivity contribution in [3.05, 3.63) is 29.8 Å². The molecule has 0 aliphatic rings. The molecule has 1 aromatic carbocycles. The Bertz CT molecular complexity index is 369. The predicted octanol–water partition coefficient (Wildman–Crippen LogP) is 3.01. The van der Waals surface area contributed by atoms with E-state index in [4.69, 9.17) is 4.74 Å². The third-order valence-electron chi connectivity index (χ3n) is 1.76. The zero-order valence-corrected chi connectivity index (χ0v) is 9.65. The first-order chi connectivity index (χ1) is 7.63. The van der Waals surface area contributed by atoms with Crippen LogP contribution in [-0.2, 0) is 9.53 Å². The number of benzene rings is 1. The van der Waals surface area contributed by atoms with Crippen molar-refractivity contribution in [1.29, 1.82) is 0 Å². The number of hydrogen-bond acceptors (Lipinski definition) is 3. The van der Waals surface area contributed by atoms with Gasteiger partial charge in [0.05, 0.1) is 13.0 Å². The molecule has 0 amide bonds. The zero-order valence-electron chi connectivity index (χ0n) is 8.83. The molecule has 2 nitrogen and oxygen atoms in total. The largest absolute Gasteiger partial charge is 0.466 e. The molecule has 0 saturated heterocycles. The SMILES string of the molecule is CCOC(=O)CCSc1cc(F)ccc1F. The van der Waals surface area contributed by atoms with Crippen molar-refractivity contribution in [3.8, 4) is 0 Å². The average molecular weight is 246 g/mol. The molecule has 0 atom stereocenters. The first-order valence-electron chi connectivity index (χ1n) is 4.87. The van der Waals surface area contributed by atoms with Gasteiger partial charge >= 0.3 is 5.97 Å². The van der Waals surface area contributed by atoms with Crippen molar-refractivity contribution >= 4 is 17.7 Å². The summed E-state index contributed by atoms with van der Waals surface area (Å²) in [5.74, 6) is -0.916. The highest BCUT2D eigenvalue weighted by atomic mass is 32.2. The standard InChI is InChI=1S/C11H12F2O2S/c1-2-15-11(14)5-6-16-10-7-8(12)3-4-9(10)13/h3-4,7H,2,5-6H2,1H3. The van der Waals surface area contributed by atoms with Crippen LogP contribution in [0.5, 0.6) is 0 Å². The van der Waals surface area contributed by atoms with E-state index in [-0.39, 0.29) is 17.3 Å². The fourth-order valence-electron chi connectivity index (χ4n) is 1.07. The molecule has 0 bridgehead atoms. The lowest BCUT2D eigenvalue weighted by molar-refractivity contribution is -0.142. The van der Waals surface area contributed by atoms with Gasteiger partial charge in [-0.3, -0.25) is 4.79 Å². The Labute approximate surface area is 97.0 Å². The van der Waals surface area contributed by atoms with E-state index in [1.807, 2.05) is 0 Å². The van der Waals surface area contributed by atoms with Crippen molar-refractivity contribution < 1.29 is 18.3 Å². The molecule has 1 rings (SSSR count). The Hall–Kier alpha value is -1.10. The molecule has 0 aromatic heterocycles. The molecule has 0 spiro atoms. The molecular weight excluding hydrogens is 234 g/mol. The van der Waals surface area contributed by atoms with Gasteiger partial charge in [0, 0.05) is 10.6 Å². The van der Waals surface area contributed by atoms with Crippen LogP contribution in [0.4, 0.5) is 8.78 Å². The van der Waals surface area contributed by atoms with E-state index in [0.29, 0.717) is 12.4 Å². The predicted molar refractivity (Wildman–Crippen MR) is 58.3 cm³/mol. The summed E-state index contributed by atoms with van der Waals surface area (Å²) in [6, 6.07) is 3.25. The molecule has 0 saturated carbocycles. The summed E-state index contributed by atoms with van der Waals surface area (Å²) < 4.78 is 30.6. The van der Waals surface area contributed by atoms with Crippen LogP contribution >= 0.6 is 11.8 Å². The van der Waals surface area contributed by atoms with E-state index >= 15 is 0 Å². The molecular formula is C11H12F2O2S. The highest BCUT2D eigenvalue weighted by Crippen LogP contribution is 2.23. The number of hydrogen-bond donors (Lipinski definition) is 0. The summed E-state index contributed by atoms with van der Waals surface area (Å²) >= 11 is 1.10. The van der Waals surface area contributed by atoms with Gasteiger partial charge in [0.2, 0.25) is 0 Å². The van der Waals surface area contributed by atoms with E-state index in [1.54, 1.807) is 6.92 Å². The first-order valence-corrected chi connectivity index (χ1v) is 5.85. The van der Waals surface area contributed by atoms with Gasteiger partial charge in [-0.15, -0.1) is 11.8 Å². The number of ether oxygens (including phenoxy) is 1. The van der Waals surface area contributed by atoms with Gasteiger partial charge in [-0.05, 0) is 25.1 Å². The quantitative estimate of drug-likeness (QED) is 0.590. The monoisotopic (exact) mass is 246 g/mol. The second-order valence-electron chi connectivity index (χ2n) is 2.98. The van der Waals surface area contributed by atoms with E-state index < -0.39 is 11.6 Å². The van der Waals surface area contributed by atoms with Crippen molar-refractivity contribution in [3.63, 3.8) is 0 Å². The highest BCUT2D eigenvalue weighted by Gasteiger charge is 2.06. The lowest BCUT2D eigenvalue weighted by Crippen LogP contribution is -2.04. The van der Waals surface area contributed by atoms with E-state index in [1.165, 1.54) is 0 Å². The van der Waals surface area contributed by atoms with E-state index in [2.05, 4.69) is 0 Å². The second-order valence-corrected chi connectivity index (χ2v) is 4.11. The molecule has 88 valence electrons. The summed E-state index contributed by atoms with van der Waals surface area (Å²) in [4.78, 5) is 11.2. The smallest absolute Gasteiger partial charge is 0.306 e. The van der Waals surface area contributed by atoms with Gasteiger partial charge in [0.25, 0.3) is 0 Å². The molecule has 0 fully saturated rings. The fourth-order valence-corrected chi connectivity index (χ4v) is 1.96. The van der Waals surface area contributed by atoms with Crippen molar-refractivity contribution in [2.75, 3.05) is 12.4 Å². The van der Waals surface area contributed by atoms with Gasteiger partial charge in [0.15, 0.2) is 0 Å². The zero-order chi connectivity index (χ0) is 12.0. The third kappa shape index (κ3) is 4.18. The number of thioether (sulfide) groups is 1. The Kier molecular flexibility index (Phi) is 5.25. The van der Waals surface area contributed by atoms with Crippen molar-refractivity contribution in [1.82, 2.24) is 0 Å². The minimum Gasteiger partial charge on any atom is -0.466 e. The molecule has 0 N–H and O–H groups in total. The number of carbonyl (C=O) groups excluding carboxylic acids is 1. The molecule has 0 aliphatic carbocycles. The number of carbonyl (C=O) groups is 1. The van der Waals surface area contributed by atoms with E-state index in [9.17, 15) is 13.6 Å². The topological polar surface area (TPSA) is 26.3 Å². The second kappa shape index (κ2) is 6.48. The Balaban J connectivity index is 2.42. The highest BCUT2D eigenvalue weighted by molar-refractivity contribution is 7.99. The maximum atomic E-state index is 13.1. The van der Waals surface area contributed by atoms with Gasteiger partial charge in [-0.25, -0.2) is 8.78 Å². The van der Waals surface area contributed by atoms with Crippen LogP contribution in [0, 0.1) is 11.6 Å². The Morgan fingerprint density at radius 1 is 1.44 bits per heavy atom. The minimum atomic E-state index is -0.486. The molecule has 5 heteroatoms. The molecule has 0 unspecified atom stereocenters. The van der Waals surface area contributed by atoms with Crippen LogP contribution in [0.2, 0.25) is 0 Å². The van der Waals surface area contributed by atoms with Crippen LogP contribution in [0.25, 0.3) is 0 Å². The molecule has 16 heavy (non-hydrogen) atoms. The van der Waals surface area contributed by atoms with Gasteiger partial charge in [-0.2, -0.15) is 0 Å². The van der Waals surface area contributed by atoms with Crippen LogP contribution in [0.3, 0.4) is 0 Å². The minimum absolute atomic E-state index is 0.189. The van der Waals surface area contributed by atoms with Gasteiger partial charge in [-0.1, -0.05) is 0 Å². The number of rotatable bonds is 5. The molecule has 0 aliphatic heterocycles. The Morgan fingerprint density at radius 3 is 2.88 bits per heavy atom. The summed E-state index contributed by atoms with van der Waals surface area (Å²) in [5, 5.41) is 0. The third-order valence-corrected chi connectivity index (χ3v) is 2.79. The van der Waals surface area contributed by atoms with Crippen molar-refractivity contribution in [2.24, 2.45) is 0 Å². The lowest BCUT2D eigenvalue weighted by Gasteiger charge is -2.03. The fraction of sp³-hybridized carbons (Fsp3) is 0.364. The molecule has 0 heterocycles. The maximum absolute atomic E-state index is 13.1. The van der Waals surface area contributed by atoms with Gasteiger partial charge < -0.3 is 4.74 Å². The first kappa shape index (κ1) is 13.0. The number of esters is 1. The Morgan fingerprint density at radius 2 is 2.19 bits per heavy atom. The maximum Gasteiger partial charge on any atom is 0.306 e. The average Bonchev–Trinajstić information content (AvgIpc) is 2.23. The van der Waals surface area contributed by atoms with Crippen LogP contribution in [-0.4, -0.2) is 18.3 Å². The number of halogens is 2. The van der Waals surface area contributed by atoms with Crippen LogP contribution in [0.15, 0.2) is 23.1 Å². The summed E-state index contributed by atoms with van der Waals surface area (Å²) in [7, 11) is 0. The van der Waals surface area contributed by atoms with Gasteiger partial charge in [0.1, 0.15) is 11.6 Å². The molecule has 1 aromatic rings. The van der Waals surface area contributed by atoms with Crippen LogP contribution < -0.4 is 0 Å². The normalized spacial score (nSPS) is 10.2. The summed E-state index contributed by atoms with van der Waals surface area (Å²) in [6.45, 7) is 2.05. The van der Waals surface area contributed by atoms with Crippen LogP contribution in [0.1, 0.15) is 13.3 Å². The summed E-state index contributed by atoms with van der Waals surface area (Å²) in [6.07, 6.45) is 0.189.